The van der Waals surface area contributed by atoms with E-state index in [1.807, 2.05) is 47.0 Å². The van der Waals surface area contributed by atoms with E-state index in [2.05, 4.69) is 123 Å². The summed E-state index contributed by atoms with van der Waals surface area (Å²) in [5.74, 6) is 3.50. The van der Waals surface area contributed by atoms with Crippen LogP contribution in [0.5, 0.6) is 0 Å². The van der Waals surface area contributed by atoms with Crippen molar-refractivity contribution in [3.05, 3.63) is 0 Å². The van der Waals surface area contributed by atoms with Crippen LogP contribution in [0, 0.1) is 0 Å². The first-order valence-electron chi connectivity index (χ1n) is 11.1. The van der Waals surface area contributed by atoms with Crippen LogP contribution in [0.15, 0.2) is 0 Å². The standard InChI is InChI=1S/C19H38S18/c20-1-10(26)14(32-5-22)16(34-7-24)12(28)3-30-18-19(37-9-36-18)31-4-13(29)17(35-8-25)15(33-6-23)11(27)2-21/h10-29H,1-9H2. The molecule has 0 aromatic carbocycles. The molecule has 1 saturated heterocycles. The van der Waals surface area contributed by atoms with Gasteiger partial charge in [0, 0.05) is 90.4 Å². The maximum atomic E-state index is 5.09. The lowest BCUT2D eigenvalue weighted by molar-refractivity contribution is 0.777. The molecule has 0 radical (unpaired) electrons. The fourth-order valence-corrected chi connectivity index (χ4v) is 21.0. The molecule has 10 unspecified atom stereocenters. The van der Waals surface area contributed by atoms with Crippen molar-refractivity contribution in [3.63, 3.8) is 0 Å². The zero-order chi connectivity index (χ0) is 27.8. The molecule has 0 aliphatic carbocycles. The number of hydrogen-bond acceptors (Lipinski definition) is 18. The Morgan fingerprint density at radius 3 is 1.08 bits per heavy atom. The van der Waals surface area contributed by atoms with Crippen LogP contribution in [0.25, 0.3) is 0 Å². The van der Waals surface area contributed by atoms with Crippen LogP contribution < -0.4 is 0 Å². The van der Waals surface area contributed by atoms with Crippen molar-refractivity contribution in [3.8, 4) is 0 Å². The summed E-state index contributed by atoms with van der Waals surface area (Å²) in [6, 6.07) is 0. The van der Waals surface area contributed by atoms with Gasteiger partial charge in [0.15, 0.2) is 0 Å². The van der Waals surface area contributed by atoms with Crippen molar-refractivity contribution in [2.24, 2.45) is 0 Å². The molecule has 0 bridgehead atoms. The largest absolute Gasteiger partial charge is 0.178 e. The molecular formula is C19H38S18. The molecule has 0 aromatic rings. The number of rotatable bonds is 22. The summed E-state index contributed by atoms with van der Waals surface area (Å²) in [5, 5.41) is 6.55. The monoisotopic (exact) mass is 842 g/mol. The SMILES string of the molecule is SCSC(C(S)CS)C(SCS)C(S)CSC1SCSC1SCC(S)C(SCS)C(SCS)C(S)CS. The van der Waals surface area contributed by atoms with Crippen LogP contribution in [0.2, 0.25) is 0 Å². The minimum atomic E-state index is 0.205. The van der Waals surface area contributed by atoms with E-state index in [1.54, 1.807) is 0 Å². The van der Waals surface area contributed by atoms with E-state index in [0.29, 0.717) is 30.2 Å². The second kappa shape index (κ2) is 25.4. The summed E-state index contributed by atoms with van der Waals surface area (Å²) in [5.41, 5.74) is 0. The van der Waals surface area contributed by atoms with Gasteiger partial charge in [-0.15, -0.1) is 94.1 Å². The summed E-state index contributed by atoms with van der Waals surface area (Å²) >= 11 is 62.6. The van der Waals surface area contributed by atoms with Crippen LogP contribution in [-0.2, 0) is 0 Å². The molecule has 1 aliphatic heterocycles. The smallest absolute Gasteiger partial charge is 0.0721 e. The zero-order valence-electron chi connectivity index (χ0n) is 19.9. The van der Waals surface area contributed by atoms with Gasteiger partial charge in [-0.1, -0.05) is 0 Å². The van der Waals surface area contributed by atoms with Crippen LogP contribution in [0.4, 0.5) is 0 Å². The molecule has 0 nitrogen and oxygen atoms in total. The van der Waals surface area contributed by atoms with E-state index in [0.717, 1.165) is 48.4 Å². The predicted molar refractivity (Wildman–Crippen MR) is 232 cm³/mol. The molecular weight excluding hydrogens is 805 g/mol. The van der Waals surface area contributed by atoms with E-state index in [4.69, 9.17) is 50.5 Å². The van der Waals surface area contributed by atoms with E-state index < -0.39 is 0 Å². The molecule has 1 rings (SSSR count). The van der Waals surface area contributed by atoms with Crippen LogP contribution in [0.1, 0.15) is 0 Å². The molecule has 0 amide bonds. The first-order valence-corrected chi connectivity index (χ1v) is 25.3. The Morgan fingerprint density at radius 1 is 0.514 bits per heavy atom. The van der Waals surface area contributed by atoms with Gasteiger partial charge in [-0.05, 0) is 0 Å². The summed E-state index contributed by atoms with van der Waals surface area (Å²) < 4.78 is 1.10. The fourth-order valence-electron chi connectivity index (χ4n) is 3.41. The van der Waals surface area contributed by atoms with Crippen LogP contribution in [-0.4, -0.2) is 99.6 Å². The van der Waals surface area contributed by atoms with Crippen LogP contribution in [0.3, 0.4) is 0 Å². The van der Waals surface area contributed by atoms with E-state index in [9.17, 15) is 0 Å². The van der Waals surface area contributed by atoms with Crippen molar-refractivity contribution in [1.82, 2.24) is 0 Å². The molecule has 0 saturated carbocycles. The van der Waals surface area contributed by atoms with Gasteiger partial charge in [0.05, 0.1) is 9.16 Å². The van der Waals surface area contributed by atoms with Gasteiger partial charge in [-0.25, -0.2) is 0 Å². The van der Waals surface area contributed by atoms with Crippen molar-refractivity contribution in [2.75, 3.05) is 48.4 Å². The molecule has 1 aliphatic rings. The number of hydrogen-bond donors (Lipinski definition) is 10. The van der Waals surface area contributed by atoms with Gasteiger partial charge >= 0.3 is 0 Å². The highest BCUT2D eigenvalue weighted by molar-refractivity contribution is 8.32. The Bertz CT molecular complexity index is 513. The average Bonchev–Trinajstić information content (AvgIpc) is 3.36. The minimum Gasteiger partial charge on any atom is -0.178 e. The Labute approximate surface area is 315 Å². The van der Waals surface area contributed by atoms with Gasteiger partial charge in [0.1, 0.15) is 0 Å². The highest BCUT2D eigenvalue weighted by Gasteiger charge is 2.37. The highest BCUT2D eigenvalue weighted by atomic mass is 32.3. The third-order valence-corrected chi connectivity index (χ3v) is 23.5. The van der Waals surface area contributed by atoms with Crippen molar-refractivity contribution in [1.29, 1.82) is 0 Å². The maximum absolute atomic E-state index is 5.09. The summed E-state index contributed by atoms with van der Waals surface area (Å²) in [6.07, 6.45) is 0. The summed E-state index contributed by atoms with van der Waals surface area (Å²) in [7, 11) is 0. The fraction of sp³-hybridized carbons (Fsp3) is 1.00. The van der Waals surface area contributed by atoms with E-state index in [1.165, 1.54) is 0 Å². The second-order valence-electron chi connectivity index (χ2n) is 7.53. The maximum Gasteiger partial charge on any atom is 0.0721 e. The summed E-state index contributed by atoms with van der Waals surface area (Å²) in [4.78, 5) is 0. The molecule has 0 spiro atoms. The van der Waals surface area contributed by atoms with Gasteiger partial charge in [0.2, 0.25) is 0 Å². The van der Waals surface area contributed by atoms with Crippen LogP contribution >= 0.6 is 220 Å². The molecule has 1 fully saturated rings. The Kier molecular flexibility index (Phi) is 28.4. The number of thioether (sulfide) groups is 8. The molecule has 222 valence electrons. The van der Waals surface area contributed by atoms with Gasteiger partial charge in [-0.3, -0.25) is 0 Å². The lowest BCUT2D eigenvalue weighted by Gasteiger charge is -2.34. The van der Waals surface area contributed by atoms with Crippen molar-refractivity contribution < 1.29 is 0 Å². The lowest BCUT2D eigenvalue weighted by atomic mass is 10.2. The minimum absolute atomic E-state index is 0.205. The predicted octanol–water partition coefficient (Wildman–Crippen LogP) is 8.55. The van der Waals surface area contributed by atoms with Gasteiger partial charge < -0.3 is 0 Å². The van der Waals surface area contributed by atoms with Gasteiger partial charge in [0.25, 0.3) is 0 Å². The quantitative estimate of drug-likeness (QED) is 0.0385. The second-order valence-corrected chi connectivity index (χ2v) is 24.1. The first-order chi connectivity index (χ1) is 17.8. The third kappa shape index (κ3) is 15.6. The van der Waals surface area contributed by atoms with E-state index in [-0.39, 0.29) is 21.0 Å². The number of thiol groups is 10. The van der Waals surface area contributed by atoms with Crippen molar-refractivity contribution >= 4 is 220 Å². The lowest BCUT2D eigenvalue weighted by Crippen LogP contribution is -2.39. The highest BCUT2D eigenvalue weighted by Crippen LogP contribution is 2.49. The van der Waals surface area contributed by atoms with E-state index >= 15 is 0 Å². The molecule has 18 heteroatoms. The van der Waals surface area contributed by atoms with Crippen molar-refractivity contribution in [2.45, 2.75) is 51.2 Å². The molecule has 37 heavy (non-hydrogen) atoms. The zero-order valence-corrected chi connectivity index (χ0v) is 35.4. The molecule has 10 atom stereocenters. The summed E-state index contributed by atoms with van der Waals surface area (Å²) in [6.45, 7) is 0. The third-order valence-electron chi connectivity index (χ3n) is 5.16. The van der Waals surface area contributed by atoms with Gasteiger partial charge in [-0.2, -0.15) is 126 Å². The Morgan fingerprint density at radius 2 is 0.811 bits per heavy atom. The molecule has 0 N–H and O–H groups in total. The molecule has 0 aromatic heterocycles. The normalized spacial score (nSPS) is 24.8. The Hall–Kier alpha value is 6.30. The Balaban J connectivity index is 2.75. The molecule has 1 heterocycles. The first kappa shape index (κ1) is 41.3. The topological polar surface area (TPSA) is 0 Å². The average molecular weight is 844 g/mol.